The molecule has 3 fully saturated rings. The second-order valence-corrected chi connectivity index (χ2v) is 11.4. The zero-order valence-electron chi connectivity index (χ0n) is 22.1. The summed E-state index contributed by atoms with van der Waals surface area (Å²) in [5.41, 5.74) is -0.119. The Morgan fingerprint density at radius 3 is 2.38 bits per heavy atom. The Morgan fingerprint density at radius 2 is 1.70 bits per heavy atom. The van der Waals surface area contributed by atoms with Crippen molar-refractivity contribution in [1.29, 1.82) is 0 Å². The fraction of sp³-hybridized carbons (Fsp3) is 0.714. The fourth-order valence-corrected chi connectivity index (χ4v) is 8.01. The lowest BCUT2D eigenvalue weighted by Crippen LogP contribution is -2.58. The zero-order valence-corrected chi connectivity index (χ0v) is 22.1. The van der Waals surface area contributed by atoms with E-state index >= 15 is 0 Å². The van der Waals surface area contributed by atoms with Gasteiger partial charge in [0.2, 0.25) is 0 Å². The molecule has 0 radical (unpaired) electrons. The van der Waals surface area contributed by atoms with E-state index in [-0.39, 0.29) is 67.6 Å². The highest BCUT2D eigenvalue weighted by atomic mass is 16.6. The first-order chi connectivity index (χ1) is 17.5. The summed E-state index contributed by atoms with van der Waals surface area (Å²) in [7, 11) is 2.82. The molecule has 9 heteroatoms. The van der Waals surface area contributed by atoms with Gasteiger partial charge >= 0.3 is 11.9 Å². The van der Waals surface area contributed by atoms with E-state index in [4.69, 9.17) is 18.9 Å². The topological polar surface area (TPSA) is 125 Å². The van der Waals surface area contributed by atoms with Gasteiger partial charge in [-0.05, 0) is 60.7 Å². The average molecular weight is 519 g/mol. The lowest BCUT2D eigenvalue weighted by molar-refractivity contribution is -0.158. The number of Topliss-reactive ketones (excluding diaryl/α,β-unsaturated/α-hetero) is 1. The highest BCUT2D eigenvalue weighted by Crippen LogP contribution is 2.67. The molecule has 204 valence electrons. The molecule has 0 aromatic carbocycles. The number of ketones is 2. The number of methoxy groups -OCH3 is 2. The lowest BCUT2D eigenvalue weighted by atomic mass is 9.45. The third kappa shape index (κ3) is 5.05. The van der Waals surface area contributed by atoms with Crippen LogP contribution in [0.3, 0.4) is 0 Å². The summed E-state index contributed by atoms with van der Waals surface area (Å²) in [6.45, 7) is 3.61. The SMILES string of the molecule is COCC(=O)OCC(=O)[C@H]1CC[C@H]2[C@@H]3C[C@H](COC(=O)COC)C4=CC(=O)C=C[C@]4(C)[C@H]3[C@@H](O)C[C@]12C. The molecule has 0 aliphatic heterocycles. The van der Waals surface area contributed by atoms with Gasteiger partial charge in [-0.15, -0.1) is 0 Å². The second kappa shape index (κ2) is 10.8. The van der Waals surface area contributed by atoms with Crippen molar-refractivity contribution in [2.24, 2.45) is 40.4 Å². The van der Waals surface area contributed by atoms with E-state index in [1.165, 1.54) is 14.2 Å². The van der Waals surface area contributed by atoms with Gasteiger partial charge < -0.3 is 24.1 Å². The zero-order chi connectivity index (χ0) is 27.0. The predicted molar refractivity (Wildman–Crippen MR) is 131 cm³/mol. The maximum absolute atomic E-state index is 13.2. The Morgan fingerprint density at radius 1 is 1.03 bits per heavy atom. The third-order valence-corrected chi connectivity index (χ3v) is 9.39. The molecular weight excluding hydrogens is 480 g/mol. The van der Waals surface area contributed by atoms with E-state index < -0.39 is 28.9 Å². The molecule has 0 unspecified atom stereocenters. The maximum atomic E-state index is 13.2. The van der Waals surface area contributed by atoms with Crippen LogP contribution in [0, 0.1) is 40.4 Å². The number of ether oxygens (including phenoxy) is 4. The molecule has 37 heavy (non-hydrogen) atoms. The van der Waals surface area contributed by atoms with Crippen LogP contribution in [0.2, 0.25) is 0 Å². The maximum Gasteiger partial charge on any atom is 0.332 e. The molecular formula is C28H38O9. The number of aliphatic hydroxyl groups is 1. The highest BCUT2D eigenvalue weighted by Gasteiger charge is 2.63. The van der Waals surface area contributed by atoms with Crippen LogP contribution in [0.4, 0.5) is 0 Å². The largest absolute Gasteiger partial charge is 0.463 e. The molecule has 0 amide bonds. The van der Waals surface area contributed by atoms with E-state index in [9.17, 15) is 24.3 Å². The van der Waals surface area contributed by atoms with Crippen LogP contribution in [0.1, 0.15) is 39.5 Å². The Balaban J connectivity index is 1.59. The van der Waals surface area contributed by atoms with E-state index in [2.05, 4.69) is 13.8 Å². The van der Waals surface area contributed by atoms with Crippen LogP contribution in [0.5, 0.6) is 0 Å². The van der Waals surface area contributed by atoms with Gasteiger partial charge in [0.1, 0.15) is 19.8 Å². The smallest absolute Gasteiger partial charge is 0.332 e. The molecule has 4 aliphatic rings. The van der Waals surface area contributed by atoms with Crippen molar-refractivity contribution in [3.8, 4) is 0 Å². The van der Waals surface area contributed by atoms with Crippen molar-refractivity contribution < 1.29 is 43.2 Å². The third-order valence-electron chi connectivity index (χ3n) is 9.39. The molecule has 0 aromatic rings. The summed E-state index contributed by atoms with van der Waals surface area (Å²) < 4.78 is 20.3. The van der Waals surface area contributed by atoms with Gasteiger partial charge in [-0.3, -0.25) is 9.59 Å². The molecule has 3 saturated carbocycles. The monoisotopic (exact) mass is 518 g/mol. The molecule has 8 atom stereocenters. The minimum Gasteiger partial charge on any atom is -0.463 e. The van der Waals surface area contributed by atoms with Crippen molar-refractivity contribution >= 4 is 23.5 Å². The van der Waals surface area contributed by atoms with Crippen molar-refractivity contribution in [2.75, 3.05) is 40.6 Å². The van der Waals surface area contributed by atoms with E-state index in [0.717, 1.165) is 12.0 Å². The highest BCUT2D eigenvalue weighted by molar-refractivity contribution is 6.01. The number of rotatable bonds is 9. The summed E-state index contributed by atoms with van der Waals surface area (Å²) in [5, 5.41) is 11.6. The number of carbonyl (C=O) groups is 4. The summed E-state index contributed by atoms with van der Waals surface area (Å²) in [6.07, 6.45) is 7.02. The molecule has 4 aliphatic carbocycles. The fourth-order valence-electron chi connectivity index (χ4n) is 8.01. The first kappa shape index (κ1) is 27.7. The van der Waals surface area contributed by atoms with Crippen LogP contribution in [0.15, 0.2) is 23.8 Å². The van der Waals surface area contributed by atoms with Crippen molar-refractivity contribution in [1.82, 2.24) is 0 Å². The number of aliphatic hydroxyl groups excluding tert-OH is 1. The van der Waals surface area contributed by atoms with E-state index in [1.54, 1.807) is 12.2 Å². The molecule has 9 nitrogen and oxygen atoms in total. The Bertz CT molecular complexity index is 1000. The minimum atomic E-state index is -0.682. The van der Waals surface area contributed by atoms with E-state index in [1.807, 2.05) is 6.08 Å². The standard InChI is InChI=1S/C28H38O9/c1-27-8-7-17(29)10-21(27)16(12-36-24(32)14-34-3)9-18-19-5-6-20(23(31)13-37-25(33)15-35-4)28(19,2)11-22(30)26(18)27/h7-8,10,16,18-20,22,26,30H,5-6,9,11-15H2,1-4H3/t16-,18+,19+,20-,22+,26-,27+,28+/m1/s1. The summed E-state index contributed by atoms with van der Waals surface area (Å²) >= 11 is 0. The first-order valence-corrected chi connectivity index (χ1v) is 13.0. The van der Waals surface area contributed by atoms with Crippen LogP contribution in [-0.4, -0.2) is 75.4 Å². The Labute approximate surface area is 217 Å². The van der Waals surface area contributed by atoms with Gasteiger partial charge in [0.15, 0.2) is 11.6 Å². The summed E-state index contributed by atoms with van der Waals surface area (Å²) in [6, 6.07) is 0. The number of carbonyl (C=O) groups excluding carboxylic acids is 4. The van der Waals surface area contributed by atoms with Gasteiger partial charge in [0.25, 0.3) is 0 Å². The molecule has 0 heterocycles. The normalized spacial score (nSPS) is 38.2. The van der Waals surface area contributed by atoms with Crippen molar-refractivity contribution in [3.63, 3.8) is 0 Å². The number of hydrogen-bond donors (Lipinski definition) is 1. The van der Waals surface area contributed by atoms with Gasteiger partial charge in [0, 0.05) is 37.4 Å². The minimum absolute atomic E-state index is 0.0636. The van der Waals surface area contributed by atoms with Crippen LogP contribution in [0.25, 0.3) is 0 Å². The number of esters is 2. The second-order valence-electron chi connectivity index (χ2n) is 11.4. The molecule has 4 rings (SSSR count). The van der Waals surface area contributed by atoms with Crippen molar-refractivity contribution in [2.45, 2.75) is 45.6 Å². The quantitative estimate of drug-likeness (QED) is 0.457. The molecule has 0 spiro atoms. The van der Waals surface area contributed by atoms with Gasteiger partial charge in [0.05, 0.1) is 12.7 Å². The summed E-state index contributed by atoms with van der Waals surface area (Å²) in [4.78, 5) is 49.3. The lowest BCUT2D eigenvalue weighted by Gasteiger charge is -2.60. The Kier molecular flexibility index (Phi) is 8.07. The molecule has 1 N–H and O–H groups in total. The van der Waals surface area contributed by atoms with E-state index in [0.29, 0.717) is 19.3 Å². The van der Waals surface area contributed by atoms with Gasteiger partial charge in [-0.25, -0.2) is 9.59 Å². The molecule has 0 aromatic heterocycles. The number of allylic oxidation sites excluding steroid dienone is 3. The number of hydrogen-bond acceptors (Lipinski definition) is 9. The Hall–Kier alpha value is -2.36. The van der Waals surface area contributed by atoms with Crippen LogP contribution >= 0.6 is 0 Å². The van der Waals surface area contributed by atoms with Crippen LogP contribution < -0.4 is 0 Å². The average Bonchev–Trinajstić information content (AvgIpc) is 3.18. The van der Waals surface area contributed by atoms with Crippen molar-refractivity contribution in [3.05, 3.63) is 23.8 Å². The predicted octanol–water partition coefficient (Wildman–Crippen LogP) is 2.06. The first-order valence-electron chi connectivity index (χ1n) is 13.0. The van der Waals surface area contributed by atoms with Gasteiger partial charge in [-0.2, -0.15) is 0 Å². The number of fused-ring (bicyclic) bond motifs is 5. The van der Waals surface area contributed by atoms with Crippen LogP contribution in [-0.2, 0) is 38.1 Å². The van der Waals surface area contributed by atoms with Gasteiger partial charge in [-0.1, -0.05) is 19.9 Å². The molecule has 0 bridgehead atoms. The molecule has 0 saturated heterocycles. The summed E-state index contributed by atoms with van der Waals surface area (Å²) in [5.74, 6) is -1.69.